The Morgan fingerprint density at radius 3 is 2.79 bits per heavy atom. The largest absolute Gasteiger partial charge is 0.465 e. The van der Waals surface area contributed by atoms with E-state index >= 15 is 0 Å². The minimum absolute atomic E-state index is 0.0367. The number of rotatable bonds is 6. The fraction of sp³-hybridized carbons (Fsp3) is 0.773. The van der Waals surface area contributed by atoms with Crippen LogP contribution in [0.2, 0.25) is 0 Å². The van der Waals surface area contributed by atoms with Crippen molar-refractivity contribution in [1.82, 2.24) is 15.1 Å². The first kappa shape index (κ1) is 21.8. The average Bonchev–Trinajstić information content (AvgIpc) is 3.35. The second-order valence-corrected chi connectivity index (χ2v) is 8.35. The van der Waals surface area contributed by atoms with Gasteiger partial charge >= 0.3 is 5.97 Å². The Morgan fingerprint density at radius 2 is 2.03 bits per heavy atom. The number of ether oxygens (including phenoxy) is 2. The molecule has 1 aliphatic heterocycles. The lowest BCUT2D eigenvalue weighted by atomic mass is 10.1. The van der Waals surface area contributed by atoms with Crippen molar-refractivity contribution in [2.24, 2.45) is 11.8 Å². The zero-order chi connectivity index (χ0) is 20.6. The quantitative estimate of drug-likeness (QED) is 0.736. The Bertz CT molecular complexity index is 694. The first-order chi connectivity index (χ1) is 14.1. The van der Waals surface area contributed by atoms with E-state index in [1.165, 1.54) is 0 Å². The van der Waals surface area contributed by atoms with Crippen molar-refractivity contribution in [3.8, 4) is 0 Å². The molecule has 0 spiro atoms. The maximum Gasteiger partial charge on any atom is 0.308 e. The van der Waals surface area contributed by atoms with E-state index in [0.717, 1.165) is 61.9 Å². The molecule has 3 rings (SSSR count). The van der Waals surface area contributed by atoms with Crippen LogP contribution in [-0.4, -0.2) is 48.0 Å². The van der Waals surface area contributed by atoms with Crippen molar-refractivity contribution in [2.45, 2.75) is 71.8 Å². The minimum Gasteiger partial charge on any atom is -0.465 e. The second-order valence-electron chi connectivity index (χ2n) is 8.35. The van der Waals surface area contributed by atoms with Gasteiger partial charge in [-0.25, -0.2) is 0 Å². The fourth-order valence-corrected chi connectivity index (χ4v) is 4.23. The molecule has 1 atom stereocenters. The summed E-state index contributed by atoms with van der Waals surface area (Å²) in [7, 11) is 0. The summed E-state index contributed by atoms with van der Waals surface area (Å²) in [5.74, 6) is 0.121. The van der Waals surface area contributed by atoms with Crippen LogP contribution < -0.4 is 5.32 Å². The van der Waals surface area contributed by atoms with Crippen molar-refractivity contribution in [3.05, 3.63) is 17.0 Å². The van der Waals surface area contributed by atoms with Gasteiger partial charge in [0.05, 0.1) is 29.5 Å². The topological polar surface area (TPSA) is 82.5 Å². The number of carbonyl (C=O) groups excluding carboxylic acids is 2. The third-order valence-corrected chi connectivity index (χ3v) is 5.83. The van der Waals surface area contributed by atoms with E-state index in [1.807, 2.05) is 11.6 Å². The lowest BCUT2D eigenvalue weighted by Gasteiger charge is -2.16. The Morgan fingerprint density at radius 1 is 1.28 bits per heavy atom. The monoisotopic (exact) mass is 405 g/mol. The summed E-state index contributed by atoms with van der Waals surface area (Å²) in [6.45, 7) is 7.09. The second kappa shape index (κ2) is 10.8. The van der Waals surface area contributed by atoms with E-state index < -0.39 is 0 Å². The van der Waals surface area contributed by atoms with Crippen LogP contribution in [0.15, 0.2) is 0 Å². The Balaban J connectivity index is 1.69. The lowest BCUT2D eigenvalue weighted by molar-refractivity contribution is -0.149. The van der Waals surface area contributed by atoms with Gasteiger partial charge in [0.15, 0.2) is 0 Å². The number of amides is 1. The van der Waals surface area contributed by atoms with Crippen LogP contribution in [0.5, 0.6) is 0 Å². The number of esters is 1. The highest BCUT2D eigenvalue weighted by molar-refractivity contribution is 5.96. The SMILES string of the molecule is CCc1nn(C[C@@H](C)COC(=O)C2CCCC2)c2c1C(=O)NCCCOCCC2. The number of hydrogen-bond donors (Lipinski definition) is 1. The van der Waals surface area contributed by atoms with Crippen LogP contribution in [0.25, 0.3) is 0 Å². The molecule has 1 aromatic heterocycles. The highest BCUT2D eigenvalue weighted by Gasteiger charge is 2.26. The van der Waals surface area contributed by atoms with Gasteiger partial charge in [-0.1, -0.05) is 26.7 Å². The third-order valence-electron chi connectivity index (χ3n) is 5.83. The predicted molar refractivity (Wildman–Crippen MR) is 110 cm³/mol. The Hall–Kier alpha value is -1.89. The summed E-state index contributed by atoms with van der Waals surface area (Å²) in [4.78, 5) is 25.0. The molecule has 0 aromatic carbocycles. The van der Waals surface area contributed by atoms with Crippen LogP contribution in [0.3, 0.4) is 0 Å². The molecule has 1 aromatic rings. The van der Waals surface area contributed by atoms with Crippen LogP contribution in [-0.2, 0) is 33.7 Å². The third kappa shape index (κ3) is 5.81. The van der Waals surface area contributed by atoms with Crippen molar-refractivity contribution in [2.75, 3.05) is 26.4 Å². The summed E-state index contributed by atoms with van der Waals surface area (Å²) >= 11 is 0. The first-order valence-corrected chi connectivity index (χ1v) is 11.2. The van der Waals surface area contributed by atoms with Gasteiger partial charge in [-0.05, 0) is 38.5 Å². The Kier molecular flexibility index (Phi) is 8.09. The lowest BCUT2D eigenvalue weighted by Crippen LogP contribution is -2.27. The maximum atomic E-state index is 12.8. The van der Waals surface area contributed by atoms with Crippen molar-refractivity contribution < 1.29 is 19.1 Å². The van der Waals surface area contributed by atoms with Gasteiger partial charge in [-0.2, -0.15) is 5.10 Å². The van der Waals surface area contributed by atoms with E-state index in [-0.39, 0.29) is 23.7 Å². The van der Waals surface area contributed by atoms with Gasteiger partial charge in [0.25, 0.3) is 5.91 Å². The molecule has 29 heavy (non-hydrogen) atoms. The molecular formula is C22H35N3O4. The highest BCUT2D eigenvalue weighted by Crippen LogP contribution is 2.26. The highest BCUT2D eigenvalue weighted by atomic mass is 16.5. The van der Waals surface area contributed by atoms with E-state index in [9.17, 15) is 9.59 Å². The van der Waals surface area contributed by atoms with Crippen LogP contribution in [0.4, 0.5) is 0 Å². The number of aryl methyl sites for hydroxylation is 1. The molecule has 0 saturated heterocycles. The average molecular weight is 406 g/mol. The molecule has 1 amide bonds. The van der Waals surface area contributed by atoms with E-state index in [4.69, 9.17) is 14.6 Å². The molecular weight excluding hydrogens is 370 g/mol. The van der Waals surface area contributed by atoms with Gasteiger partial charge in [0.1, 0.15) is 0 Å². The summed E-state index contributed by atoms with van der Waals surface area (Å²) in [5.41, 5.74) is 2.54. The molecule has 1 fully saturated rings. The zero-order valence-electron chi connectivity index (χ0n) is 17.9. The van der Waals surface area contributed by atoms with Crippen molar-refractivity contribution in [3.63, 3.8) is 0 Å². The molecule has 1 N–H and O–H groups in total. The summed E-state index contributed by atoms with van der Waals surface area (Å²) in [5, 5.41) is 7.76. The number of hydrogen-bond acceptors (Lipinski definition) is 5. The van der Waals surface area contributed by atoms with E-state index in [1.54, 1.807) is 0 Å². The molecule has 7 nitrogen and oxygen atoms in total. The van der Waals surface area contributed by atoms with Crippen molar-refractivity contribution in [1.29, 1.82) is 0 Å². The van der Waals surface area contributed by atoms with Gasteiger partial charge in [0.2, 0.25) is 0 Å². The Labute approximate surface area is 173 Å². The standard InChI is InChI=1S/C22H35N3O4/c1-3-18-20-19(10-6-12-28-13-7-11-23-21(20)26)25(24-18)14-16(2)15-29-22(27)17-8-4-5-9-17/h16-17H,3-15H2,1-2H3,(H,23,26)/t16-/m1/s1. The first-order valence-electron chi connectivity index (χ1n) is 11.2. The van der Waals surface area contributed by atoms with Crippen LogP contribution in [0, 0.1) is 11.8 Å². The molecule has 0 unspecified atom stereocenters. The van der Waals surface area contributed by atoms with E-state index in [0.29, 0.717) is 39.3 Å². The van der Waals surface area contributed by atoms with Gasteiger partial charge in [-0.15, -0.1) is 0 Å². The minimum atomic E-state index is -0.0557. The number of nitrogens with one attached hydrogen (secondary N) is 1. The summed E-state index contributed by atoms with van der Waals surface area (Å²) in [6, 6.07) is 0. The molecule has 2 aliphatic rings. The number of carbonyl (C=O) groups is 2. The summed E-state index contributed by atoms with van der Waals surface area (Å²) < 4.78 is 13.2. The maximum absolute atomic E-state index is 12.8. The molecule has 0 radical (unpaired) electrons. The molecule has 1 aliphatic carbocycles. The molecule has 7 heteroatoms. The zero-order valence-corrected chi connectivity index (χ0v) is 17.9. The number of aromatic nitrogens is 2. The summed E-state index contributed by atoms with van der Waals surface area (Å²) in [6.07, 6.45) is 7.31. The number of nitrogens with zero attached hydrogens (tertiary/aromatic N) is 2. The number of fused-ring (bicyclic) bond motifs is 1. The van der Waals surface area contributed by atoms with Gasteiger partial charge in [-0.3, -0.25) is 14.3 Å². The van der Waals surface area contributed by atoms with Gasteiger partial charge < -0.3 is 14.8 Å². The predicted octanol–water partition coefficient (Wildman–Crippen LogP) is 2.90. The van der Waals surface area contributed by atoms with Crippen molar-refractivity contribution >= 4 is 11.9 Å². The smallest absolute Gasteiger partial charge is 0.308 e. The molecule has 2 heterocycles. The molecule has 1 saturated carbocycles. The van der Waals surface area contributed by atoms with Gasteiger partial charge in [0, 0.05) is 32.2 Å². The van der Waals surface area contributed by atoms with Crippen LogP contribution in [0.1, 0.15) is 74.1 Å². The normalized spacial score (nSPS) is 19.9. The molecule has 0 bridgehead atoms. The molecule has 162 valence electrons. The fourth-order valence-electron chi connectivity index (χ4n) is 4.23. The van der Waals surface area contributed by atoms with E-state index in [2.05, 4.69) is 12.2 Å². The van der Waals surface area contributed by atoms with Crippen LogP contribution >= 0.6 is 0 Å².